The summed E-state index contributed by atoms with van der Waals surface area (Å²) in [6.45, 7) is 3.08. The van der Waals surface area contributed by atoms with Gasteiger partial charge in [0.15, 0.2) is 5.82 Å². The molecular weight excluding hydrogens is 154 g/mol. The highest BCUT2D eigenvalue weighted by atomic mass is 16.5. The van der Waals surface area contributed by atoms with Crippen LogP contribution in [0.1, 0.15) is 37.5 Å². The molecule has 0 spiro atoms. The summed E-state index contributed by atoms with van der Waals surface area (Å²) in [6.07, 6.45) is 3.16. The van der Waals surface area contributed by atoms with Crippen LogP contribution in [0.5, 0.6) is 0 Å². The van der Waals surface area contributed by atoms with Crippen molar-refractivity contribution in [3.63, 3.8) is 0 Å². The zero-order chi connectivity index (χ0) is 8.39. The van der Waals surface area contributed by atoms with E-state index in [1.165, 1.54) is 6.42 Å². The van der Waals surface area contributed by atoms with Crippen molar-refractivity contribution >= 4 is 0 Å². The average Bonchev–Trinajstić information content (AvgIpc) is 2.75. The summed E-state index contributed by atoms with van der Waals surface area (Å²) < 4.78 is 5.03. The van der Waals surface area contributed by atoms with E-state index in [0.29, 0.717) is 6.04 Å². The second-order valence-electron chi connectivity index (χ2n) is 3.05. The number of aryl methyl sites for hydroxylation is 1. The molecule has 0 unspecified atom stereocenters. The van der Waals surface area contributed by atoms with E-state index in [1.54, 1.807) is 0 Å². The highest BCUT2D eigenvalue weighted by molar-refractivity contribution is 4.96. The maximum atomic E-state index is 5.03. The van der Waals surface area contributed by atoms with Crippen molar-refractivity contribution in [2.45, 2.75) is 32.2 Å². The SMILES string of the molecule is CCc1nc([C@@H]2CCCN2)no1. The second-order valence-corrected chi connectivity index (χ2v) is 3.05. The molecule has 0 aliphatic carbocycles. The number of hydrogen-bond donors (Lipinski definition) is 1. The minimum Gasteiger partial charge on any atom is -0.339 e. The lowest BCUT2D eigenvalue weighted by Crippen LogP contribution is -2.14. The van der Waals surface area contributed by atoms with Gasteiger partial charge < -0.3 is 9.84 Å². The Labute approximate surface area is 71.4 Å². The third-order valence-corrected chi connectivity index (χ3v) is 2.16. The van der Waals surface area contributed by atoms with Gasteiger partial charge in [-0.2, -0.15) is 4.98 Å². The Morgan fingerprint density at radius 1 is 1.67 bits per heavy atom. The number of nitrogens with one attached hydrogen (secondary N) is 1. The van der Waals surface area contributed by atoms with E-state index in [1.807, 2.05) is 6.92 Å². The minimum atomic E-state index is 0.328. The van der Waals surface area contributed by atoms with Gasteiger partial charge in [-0.1, -0.05) is 12.1 Å². The molecule has 0 saturated carbocycles. The molecule has 4 nitrogen and oxygen atoms in total. The van der Waals surface area contributed by atoms with Crippen LogP contribution in [0.15, 0.2) is 4.52 Å². The normalized spacial score (nSPS) is 23.2. The van der Waals surface area contributed by atoms with E-state index in [9.17, 15) is 0 Å². The van der Waals surface area contributed by atoms with Crippen molar-refractivity contribution in [3.05, 3.63) is 11.7 Å². The molecule has 1 aliphatic rings. The average molecular weight is 167 g/mol. The first kappa shape index (κ1) is 7.73. The van der Waals surface area contributed by atoms with Gasteiger partial charge in [-0.3, -0.25) is 0 Å². The predicted octanol–water partition coefficient (Wildman–Crippen LogP) is 1.06. The van der Waals surface area contributed by atoms with Crippen LogP contribution in [0.25, 0.3) is 0 Å². The van der Waals surface area contributed by atoms with Gasteiger partial charge in [-0.25, -0.2) is 0 Å². The molecule has 66 valence electrons. The summed E-state index contributed by atoms with van der Waals surface area (Å²) in [5.74, 6) is 1.56. The molecule has 1 saturated heterocycles. The summed E-state index contributed by atoms with van der Waals surface area (Å²) >= 11 is 0. The van der Waals surface area contributed by atoms with Crippen LogP contribution < -0.4 is 5.32 Å². The van der Waals surface area contributed by atoms with Crippen molar-refractivity contribution in [1.29, 1.82) is 0 Å². The van der Waals surface area contributed by atoms with Crippen LogP contribution in [-0.4, -0.2) is 16.7 Å². The maximum Gasteiger partial charge on any atom is 0.226 e. The summed E-state index contributed by atoms with van der Waals surface area (Å²) in [7, 11) is 0. The van der Waals surface area contributed by atoms with Crippen molar-refractivity contribution < 1.29 is 4.52 Å². The molecule has 1 N–H and O–H groups in total. The third-order valence-electron chi connectivity index (χ3n) is 2.16. The second kappa shape index (κ2) is 3.23. The van der Waals surface area contributed by atoms with Crippen LogP contribution in [0, 0.1) is 0 Å². The fourth-order valence-corrected chi connectivity index (χ4v) is 1.46. The summed E-state index contributed by atoms with van der Waals surface area (Å²) in [4.78, 5) is 4.27. The summed E-state index contributed by atoms with van der Waals surface area (Å²) in [5.41, 5.74) is 0. The van der Waals surface area contributed by atoms with Crippen molar-refractivity contribution in [2.75, 3.05) is 6.54 Å². The quantitative estimate of drug-likeness (QED) is 0.715. The van der Waals surface area contributed by atoms with Crippen LogP contribution in [0.4, 0.5) is 0 Å². The van der Waals surface area contributed by atoms with E-state index < -0.39 is 0 Å². The first-order valence-electron chi connectivity index (χ1n) is 4.46. The first-order chi connectivity index (χ1) is 5.90. The molecule has 0 radical (unpaired) electrons. The fraction of sp³-hybridized carbons (Fsp3) is 0.750. The Morgan fingerprint density at radius 3 is 3.17 bits per heavy atom. The minimum absolute atomic E-state index is 0.328. The van der Waals surface area contributed by atoms with E-state index in [2.05, 4.69) is 15.5 Å². The molecule has 1 aliphatic heterocycles. The van der Waals surface area contributed by atoms with Crippen LogP contribution in [0.2, 0.25) is 0 Å². The Kier molecular flexibility index (Phi) is 2.08. The lowest BCUT2D eigenvalue weighted by molar-refractivity contribution is 0.371. The van der Waals surface area contributed by atoms with Gasteiger partial charge in [-0.15, -0.1) is 0 Å². The molecule has 4 heteroatoms. The van der Waals surface area contributed by atoms with Crippen molar-refractivity contribution in [3.8, 4) is 0 Å². The molecule has 0 aromatic carbocycles. The van der Waals surface area contributed by atoms with Gasteiger partial charge in [0.2, 0.25) is 5.89 Å². The standard InChI is InChI=1S/C8H13N3O/c1-2-7-10-8(11-12-7)6-4-3-5-9-6/h6,9H,2-5H2,1H3/t6-/m0/s1. The van der Waals surface area contributed by atoms with Crippen LogP contribution >= 0.6 is 0 Å². The highest BCUT2D eigenvalue weighted by Crippen LogP contribution is 2.19. The number of hydrogen-bond acceptors (Lipinski definition) is 4. The molecule has 1 aromatic heterocycles. The fourth-order valence-electron chi connectivity index (χ4n) is 1.46. The molecule has 0 amide bonds. The van der Waals surface area contributed by atoms with Crippen LogP contribution in [-0.2, 0) is 6.42 Å². The van der Waals surface area contributed by atoms with Crippen LogP contribution in [0.3, 0.4) is 0 Å². The number of rotatable bonds is 2. The zero-order valence-electron chi connectivity index (χ0n) is 7.21. The Bertz CT molecular complexity index is 253. The monoisotopic (exact) mass is 167 g/mol. The van der Waals surface area contributed by atoms with Gasteiger partial charge in [0.05, 0.1) is 6.04 Å². The van der Waals surface area contributed by atoms with E-state index in [-0.39, 0.29) is 0 Å². The van der Waals surface area contributed by atoms with E-state index in [0.717, 1.165) is 31.1 Å². The molecule has 2 rings (SSSR count). The number of nitrogens with zero attached hydrogens (tertiary/aromatic N) is 2. The smallest absolute Gasteiger partial charge is 0.226 e. The molecule has 1 atom stereocenters. The molecular formula is C8H13N3O. The van der Waals surface area contributed by atoms with Crippen molar-refractivity contribution in [1.82, 2.24) is 15.5 Å². The van der Waals surface area contributed by atoms with Gasteiger partial charge in [0, 0.05) is 6.42 Å². The Morgan fingerprint density at radius 2 is 2.58 bits per heavy atom. The molecule has 2 heterocycles. The maximum absolute atomic E-state index is 5.03. The summed E-state index contributed by atoms with van der Waals surface area (Å²) in [5, 5.41) is 7.25. The lowest BCUT2D eigenvalue weighted by atomic mass is 10.2. The van der Waals surface area contributed by atoms with Gasteiger partial charge in [-0.05, 0) is 19.4 Å². The largest absolute Gasteiger partial charge is 0.339 e. The van der Waals surface area contributed by atoms with Gasteiger partial charge in [0.25, 0.3) is 0 Å². The molecule has 1 fully saturated rings. The van der Waals surface area contributed by atoms with E-state index in [4.69, 9.17) is 4.52 Å². The summed E-state index contributed by atoms with van der Waals surface area (Å²) in [6, 6.07) is 0.328. The lowest BCUT2D eigenvalue weighted by Gasteiger charge is -2.01. The van der Waals surface area contributed by atoms with E-state index >= 15 is 0 Å². The third kappa shape index (κ3) is 1.34. The Hall–Kier alpha value is -0.900. The zero-order valence-corrected chi connectivity index (χ0v) is 7.21. The van der Waals surface area contributed by atoms with Gasteiger partial charge in [0.1, 0.15) is 0 Å². The molecule has 1 aromatic rings. The molecule has 0 bridgehead atoms. The van der Waals surface area contributed by atoms with Crippen molar-refractivity contribution in [2.24, 2.45) is 0 Å². The Balaban J connectivity index is 2.11. The highest BCUT2D eigenvalue weighted by Gasteiger charge is 2.20. The first-order valence-corrected chi connectivity index (χ1v) is 4.46. The molecule has 12 heavy (non-hydrogen) atoms. The number of aromatic nitrogens is 2. The van der Waals surface area contributed by atoms with Gasteiger partial charge >= 0.3 is 0 Å². The predicted molar refractivity (Wildman–Crippen MR) is 43.7 cm³/mol. The topological polar surface area (TPSA) is 51.0 Å².